The maximum absolute atomic E-state index is 5.90. The number of nitrogens with one attached hydrogen (secondary N) is 1. The van der Waals surface area contributed by atoms with E-state index in [2.05, 4.69) is 17.6 Å². The van der Waals surface area contributed by atoms with Gasteiger partial charge in [0.1, 0.15) is 0 Å². The van der Waals surface area contributed by atoms with E-state index in [1.165, 1.54) is 24.1 Å². The van der Waals surface area contributed by atoms with Crippen LogP contribution in [0.25, 0.3) is 0 Å². The summed E-state index contributed by atoms with van der Waals surface area (Å²) in [5.41, 5.74) is 0. The minimum atomic E-state index is 0.695. The molecule has 1 fully saturated rings. The van der Waals surface area contributed by atoms with Crippen LogP contribution in [0.5, 0.6) is 0 Å². The number of hydrogen-bond acceptors (Lipinski definition) is 3. The summed E-state index contributed by atoms with van der Waals surface area (Å²) in [7, 11) is 0. The lowest BCUT2D eigenvalue weighted by Crippen LogP contribution is -2.33. The summed E-state index contributed by atoms with van der Waals surface area (Å²) < 4.78 is 0.889. The molecule has 2 rings (SSSR count). The van der Waals surface area contributed by atoms with Crippen LogP contribution in [0.4, 0.5) is 0 Å². The molecule has 0 radical (unpaired) electrons. The van der Waals surface area contributed by atoms with Crippen molar-refractivity contribution in [2.75, 3.05) is 6.26 Å². The second kappa shape index (κ2) is 5.58. The van der Waals surface area contributed by atoms with Gasteiger partial charge in [0.15, 0.2) is 0 Å². The Labute approximate surface area is 105 Å². The minimum absolute atomic E-state index is 0.695. The third kappa shape index (κ3) is 3.13. The monoisotopic (exact) mass is 261 g/mol. The van der Waals surface area contributed by atoms with E-state index in [4.69, 9.17) is 11.6 Å². The second-order valence-electron chi connectivity index (χ2n) is 3.90. The molecule has 15 heavy (non-hydrogen) atoms. The molecule has 1 aromatic heterocycles. The first-order valence-electron chi connectivity index (χ1n) is 5.30. The first-order valence-corrected chi connectivity index (χ1v) is 7.78. The highest BCUT2D eigenvalue weighted by molar-refractivity contribution is 7.99. The lowest BCUT2D eigenvalue weighted by Gasteiger charge is -2.18. The van der Waals surface area contributed by atoms with Crippen molar-refractivity contribution >= 4 is 34.7 Å². The molecule has 1 saturated carbocycles. The third-order valence-electron chi connectivity index (χ3n) is 2.92. The quantitative estimate of drug-likeness (QED) is 0.886. The molecular formula is C11H16ClNS2. The minimum Gasteiger partial charge on any atom is -0.308 e. The van der Waals surface area contributed by atoms with Crippen molar-refractivity contribution in [3.8, 4) is 0 Å². The lowest BCUT2D eigenvalue weighted by molar-refractivity contribution is 0.535. The zero-order valence-corrected chi connectivity index (χ0v) is 11.2. The van der Waals surface area contributed by atoms with Crippen molar-refractivity contribution in [2.24, 2.45) is 0 Å². The number of thiophene rings is 1. The summed E-state index contributed by atoms with van der Waals surface area (Å²) >= 11 is 9.57. The zero-order valence-electron chi connectivity index (χ0n) is 8.83. The molecule has 0 bridgehead atoms. The van der Waals surface area contributed by atoms with Crippen LogP contribution < -0.4 is 5.32 Å². The lowest BCUT2D eigenvalue weighted by atomic mass is 10.2. The Hall–Kier alpha value is 0.300. The summed E-state index contributed by atoms with van der Waals surface area (Å²) in [6.07, 6.45) is 6.27. The molecule has 0 aromatic carbocycles. The van der Waals surface area contributed by atoms with Gasteiger partial charge in [0.05, 0.1) is 4.34 Å². The van der Waals surface area contributed by atoms with Crippen LogP contribution in [-0.4, -0.2) is 17.5 Å². The van der Waals surface area contributed by atoms with Gasteiger partial charge in [-0.1, -0.05) is 18.0 Å². The molecule has 84 valence electrons. The van der Waals surface area contributed by atoms with Crippen LogP contribution in [0.2, 0.25) is 4.34 Å². The van der Waals surface area contributed by atoms with Gasteiger partial charge in [0, 0.05) is 22.7 Å². The molecule has 1 aliphatic rings. The van der Waals surface area contributed by atoms with Crippen LogP contribution in [0.3, 0.4) is 0 Å². The van der Waals surface area contributed by atoms with Crippen LogP contribution in [0.1, 0.15) is 24.1 Å². The second-order valence-corrected chi connectivity index (χ2v) is 6.77. The van der Waals surface area contributed by atoms with Gasteiger partial charge in [0.25, 0.3) is 0 Å². The average Bonchev–Trinajstić information content (AvgIpc) is 2.83. The normalized spacial score (nSPS) is 26.0. The summed E-state index contributed by atoms with van der Waals surface area (Å²) in [4.78, 5) is 1.34. The molecule has 0 aliphatic heterocycles. The average molecular weight is 262 g/mol. The van der Waals surface area contributed by atoms with Crippen molar-refractivity contribution in [3.05, 3.63) is 21.3 Å². The fourth-order valence-corrected chi connectivity index (χ4v) is 4.12. The maximum Gasteiger partial charge on any atom is 0.0931 e. The van der Waals surface area contributed by atoms with Gasteiger partial charge in [0.2, 0.25) is 0 Å². The third-order valence-corrected chi connectivity index (χ3v) is 5.32. The van der Waals surface area contributed by atoms with Crippen molar-refractivity contribution < 1.29 is 0 Å². The zero-order chi connectivity index (χ0) is 10.7. The number of halogens is 1. The first-order chi connectivity index (χ1) is 7.29. The Morgan fingerprint density at radius 1 is 1.53 bits per heavy atom. The molecule has 4 heteroatoms. The molecule has 2 unspecified atom stereocenters. The predicted octanol–water partition coefficient (Wildman–Crippen LogP) is 3.78. The molecule has 0 saturated heterocycles. The Morgan fingerprint density at radius 2 is 2.40 bits per heavy atom. The van der Waals surface area contributed by atoms with E-state index >= 15 is 0 Å². The van der Waals surface area contributed by atoms with E-state index < -0.39 is 0 Å². The van der Waals surface area contributed by atoms with Crippen molar-refractivity contribution in [1.29, 1.82) is 0 Å². The molecule has 0 amide bonds. The van der Waals surface area contributed by atoms with Gasteiger partial charge >= 0.3 is 0 Å². The molecule has 1 nitrogen and oxygen atoms in total. The SMILES string of the molecule is CSC1CCCC1NCc1ccc(Cl)s1. The van der Waals surface area contributed by atoms with Crippen molar-refractivity contribution in [2.45, 2.75) is 37.1 Å². The predicted molar refractivity (Wildman–Crippen MR) is 71.1 cm³/mol. The molecule has 1 heterocycles. The fourth-order valence-electron chi connectivity index (χ4n) is 2.12. The summed E-state index contributed by atoms with van der Waals surface area (Å²) in [6, 6.07) is 4.79. The van der Waals surface area contributed by atoms with Crippen LogP contribution >= 0.6 is 34.7 Å². The largest absolute Gasteiger partial charge is 0.308 e. The highest BCUT2D eigenvalue weighted by Gasteiger charge is 2.25. The molecule has 1 aliphatic carbocycles. The van der Waals surface area contributed by atoms with Crippen molar-refractivity contribution in [1.82, 2.24) is 5.32 Å². The summed E-state index contributed by atoms with van der Waals surface area (Å²) in [5, 5.41) is 4.45. The van der Waals surface area contributed by atoms with Crippen LogP contribution in [0, 0.1) is 0 Å². The molecule has 0 spiro atoms. The number of thioether (sulfide) groups is 1. The Bertz CT molecular complexity index is 313. The van der Waals surface area contributed by atoms with E-state index in [0.29, 0.717) is 6.04 Å². The summed E-state index contributed by atoms with van der Waals surface area (Å²) in [5.74, 6) is 0. The Morgan fingerprint density at radius 3 is 3.07 bits per heavy atom. The van der Waals surface area contributed by atoms with E-state index in [-0.39, 0.29) is 0 Å². The number of rotatable bonds is 4. The van der Waals surface area contributed by atoms with E-state index in [0.717, 1.165) is 16.1 Å². The smallest absolute Gasteiger partial charge is 0.0931 e. The highest BCUT2D eigenvalue weighted by atomic mass is 35.5. The van der Waals surface area contributed by atoms with Crippen molar-refractivity contribution in [3.63, 3.8) is 0 Å². The molecule has 2 atom stereocenters. The van der Waals surface area contributed by atoms with Crippen LogP contribution in [-0.2, 0) is 6.54 Å². The van der Waals surface area contributed by atoms with Gasteiger partial charge in [-0.05, 0) is 31.2 Å². The van der Waals surface area contributed by atoms with Crippen LogP contribution in [0.15, 0.2) is 12.1 Å². The van der Waals surface area contributed by atoms with E-state index in [1.807, 2.05) is 17.8 Å². The first kappa shape index (κ1) is 11.8. The highest BCUT2D eigenvalue weighted by Crippen LogP contribution is 2.29. The van der Waals surface area contributed by atoms with Gasteiger partial charge in [-0.15, -0.1) is 11.3 Å². The van der Waals surface area contributed by atoms with Gasteiger partial charge in [-0.25, -0.2) is 0 Å². The Balaban J connectivity index is 1.82. The number of hydrogen-bond donors (Lipinski definition) is 1. The molecule has 1 aromatic rings. The van der Waals surface area contributed by atoms with Gasteiger partial charge in [-0.3, -0.25) is 0 Å². The topological polar surface area (TPSA) is 12.0 Å². The molecular weight excluding hydrogens is 246 g/mol. The van der Waals surface area contributed by atoms with E-state index in [9.17, 15) is 0 Å². The van der Waals surface area contributed by atoms with Gasteiger partial charge < -0.3 is 5.32 Å². The van der Waals surface area contributed by atoms with Gasteiger partial charge in [-0.2, -0.15) is 11.8 Å². The Kier molecular flexibility index (Phi) is 4.38. The fraction of sp³-hybridized carbons (Fsp3) is 0.636. The van der Waals surface area contributed by atoms with E-state index in [1.54, 1.807) is 11.3 Å². The standard InChI is InChI=1S/C11H16ClNS2/c1-14-10-4-2-3-9(10)13-7-8-5-6-11(12)15-8/h5-6,9-10,13H,2-4,7H2,1H3. The molecule has 1 N–H and O–H groups in total. The summed E-state index contributed by atoms with van der Waals surface area (Å²) in [6.45, 7) is 0.971. The maximum atomic E-state index is 5.90.